The summed E-state index contributed by atoms with van der Waals surface area (Å²) in [5.41, 5.74) is 1.79. The molecular weight excluding hydrogens is 290 g/mol. The molecule has 1 aliphatic rings. The van der Waals surface area contributed by atoms with Crippen molar-refractivity contribution in [3.05, 3.63) is 45.8 Å². The van der Waals surface area contributed by atoms with Gasteiger partial charge in [0, 0.05) is 5.38 Å². The maximum Gasteiger partial charge on any atom is 0.135 e. The second kappa shape index (κ2) is 5.74. The van der Waals surface area contributed by atoms with E-state index in [-0.39, 0.29) is 11.3 Å². The van der Waals surface area contributed by atoms with Crippen LogP contribution in [0, 0.1) is 23.0 Å². The van der Waals surface area contributed by atoms with Crippen LogP contribution in [0.3, 0.4) is 0 Å². The van der Waals surface area contributed by atoms with Gasteiger partial charge in [0.2, 0.25) is 0 Å². The molecule has 0 amide bonds. The van der Waals surface area contributed by atoms with Crippen molar-refractivity contribution in [2.24, 2.45) is 0 Å². The highest BCUT2D eigenvalue weighted by Crippen LogP contribution is 2.35. The van der Waals surface area contributed by atoms with E-state index in [9.17, 15) is 14.0 Å². The quantitative estimate of drug-likeness (QED) is 0.737. The number of allylic oxidation sites excluding steroid dienone is 2. The first-order valence-corrected chi connectivity index (χ1v) is 7.61. The number of nitriles is 1. The Kier molecular flexibility index (Phi) is 3.80. The van der Waals surface area contributed by atoms with Crippen molar-refractivity contribution in [3.63, 3.8) is 0 Å². The van der Waals surface area contributed by atoms with Gasteiger partial charge in [-0.1, -0.05) is 6.07 Å². The Bertz CT molecular complexity index is 728. The van der Waals surface area contributed by atoms with Crippen molar-refractivity contribution in [2.45, 2.75) is 25.7 Å². The van der Waals surface area contributed by atoms with Gasteiger partial charge in [-0.3, -0.25) is 0 Å². The minimum atomic E-state index is -0.640. The van der Waals surface area contributed by atoms with Crippen molar-refractivity contribution < 1.29 is 8.78 Å². The topological polar surface area (TPSA) is 36.7 Å². The van der Waals surface area contributed by atoms with Crippen molar-refractivity contribution >= 4 is 16.9 Å². The van der Waals surface area contributed by atoms with Gasteiger partial charge < -0.3 is 0 Å². The van der Waals surface area contributed by atoms with Gasteiger partial charge >= 0.3 is 0 Å². The molecule has 1 fully saturated rings. The fourth-order valence-corrected chi connectivity index (χ4v) is 3.43. The summed E-state index contributed by atoms with van der Waals surface area (Å²) >= 11 is 1.26. The van der Waals surface area contributed by atoms with Crippen molar-refractivity contribution in [1.29, 1.82) is 5.26 Å². The fraction of sp³-hybridized carbons (Fsp3) is 0.250. The normalized spacial score (nSPS) is 14.2. The molecule has 0 saturated heterocycles. The molecule has 1 saturated carbocycles. The number of halogens is 2. The number of hydrogen-bond donors (Lipinski definition) is 0. The number of nitrogens with zero attached hydrogens (tertiary/aromatic N) is 2. The summed E-state index contributed by atoms with van der Waals surface area (Å²) in [4.78, 5) is 4.28. The summed E-state index contributed by atoms with van der Waals surface area (Å²) < 4.78 is 27.6. The van der Waals surface area contributed by atoms with E-state index in [0.29, 0.717) is 10.6 Å². The SMILES string of the molecule is N#CC(=C1CCCC1)c1nc(-c2c(F)cccc2F)cs1. The first kappa shape index (κ1) is 13.9. The zero-order valence-corrected chi connectivity index (χ0v) is 12.0. The van der Waals surface area contributed by atoms with Crippen molar-refractivity contribution in [2.75, 3.05) is 0 Å². The predicted octanol–water partition coefficient (Wildman–Crippen LogP) is 4.94. The lowest BCUT2D eigenvalue weighted by molar-refractivity contribution is 0.589. The average molecular weight is 302 g/mol. The molecule has 21 heavy (non-hydrogen) atoms. The van der Waals surface area contributed by atoms with Gasteiger partial charge in [0.1, 0.15) is 22.7 Å². The standard InChI is InChI=1S/C16H12F2N2S/c17-12-6-3-7-13(18)15(12)14-9-21-16(20-14)11(8-19)10-4-1-2-5-10/h3,6-7,9H,1-2,4-5H2. The molecule has 1 aromatic heterocycles. The third-order valence-corrected chi connectivity index (χ3v) is 4.47. The summed E-state index contributed by atoms with van der Waals surface area (Å²) in [5.74, 6) is -1.28. The highest BCUT2D eigenvalue weighted by Gasteiger charge is 2.19. The first-order chi connectivity index (χ1) is 10.2. The van der Waals surface area contributed by atoms with E-state index in [1.54, 1.807) is 5.38 Å². The molecule has 1 aliphatic carbocycles. The molecule has 0 unspecified atom stereocenters. The Hall–Kier alpha value is -2.06. The van der Waals surface area contributed by atoms with Crippen LogP contribution in [0.5, 0.6) is 0 Å². The molecule has 0 atom stereocenters. The van der Waals surface area contributed by atoms with Gasteiger partial charge in [0.15, 0.2) is 0 Å². The number of thiazole rings is 1. The van der Waals surface area contributed by atoms with E-state index in [0.717, 1.165) is 31.3 Å². The third kappa shape index (κ3) is 2.59. The maximum atomic E-state index is 13.8. The molecule has 0 N–H and O–H groups in total. The molecule has 0 aliphatic heterocycles. The Balaban J connectivity index is 2.05. The summed E-state index contributed by atoms with van der Waals surface area (Å²) in [6.07, 6.45) is 3.99. The molecule has 5 heteroatoms. The first-order valence-electron chi connectivity index (χ1n) is 6.73. The van der Waals surface area contributed by atoms with Crippen LogP contribution in [0.1, 0.15) is 30.7 Å². The number of aromatic nitrogens is 1. The van der Waals surface area contributed by atoms with E-state index in [2.05, 4.69) is 11.1 Å². The van der Waals surface area contributed by atoms with Gasteiger partial charge in [-0.05, 0) is 43.4 Å². The molecule has 0 spiro atoms. The lowest BCUT2D eigenvalue weighted by Crippen LogP contribution is -1.91. The largest absolute Gasteiger partial charge is 0.235 e. The number of benzene rings is 1. The average Bonchev–Trinajstić information content (AvgIpc) is 3.12. The smallest absolute Gasteiger partial charge is 0.135 e. The van der Waals surface area contributed by atoms with Crippen LogP contribution in [-0.4, -0.2) is 4.98 Å². The van der Waals surface area contributed by atoms with E-state index < -0.39 is 11.6 Å². The highest BCUT2D eigenvalue weighted by molar-refractivity contribution is 7.11. The van der Waals surface area contributed by atoms with Gasteiger partial charge in [-0.25, -0.2) is 13.8 Å². The summed E-state index contributed by atoms with van der Waals surface area (Å²) in [7, 11) is 0. The second-order valence-corrected chi connectivity index (χ2v) is 5.79. The zero-order valence-electron chi connectivity index (χ0n) is 11.2. The summed E-state index contributed by atoms with van der Waals surface area (Å²) in [6, 6.07) is 5.93. The van der Waals surface area contributed by atoms with Crippen LogP contribution in [-0.2, 0) is 0 Å². The fourth-order valence-electron chi connectivity index (χ4n) is 2.58. The van der Waals surface area contributed by atoms with E-state index in [1.165, 1.54) is 29.5 Å². The minimum Gasteiger partial charge on any atom is -0.235 e. The van der Waals surface area contributed by atoms with Crippen LogP contribution in [0.15, 0.2) is 29.2 Å². The van der Waals surface area contributed by atoms with Gasteiger partial charge in [-0.2, -0.15) is 5.26 Å². The van der Waals surface area contributed by atoms with E-state index in [4.69, 9.17) is 0 Å². The van der Waals surface area contributed by atoms with Crippen LogP contribution in [0.2, 0.25) is 0 Å². The van der Waals surface area contributed by atoms with Crippen molar-refractivity contribution in [1.82, 2.24) is 4.98 Å². The molecule has 106 valence electrons. The van der Waals surface area contributed by atoms with Crippen molar-refractivity contribution in [3.8, 4) is 17.3 Å². The Morgan fingerprint density at radius 1 is 1.19 bits per heavy atom. The molecule has 2 aromatic rings. The summed E-state index contributed by atoms with van der Waals surface area (Å²) in [5, 5.41) is 11.5. The third-order valence-electron chi connectivity index (χ3n) is 3.61. The number of hydrogen-bond acceptors (Lipinski definition) is 3. The molecule has 0 bridgehead atoms. The van der Waals surface area contributed by atoms with E-state index >= 15 is 0 Å². The Labute approximate surface area is 125 Å². The van der Waals surface area contributed by atoms with Gasteiger partial charge in [0.25, 0.3) is 0 Å². The molecule has 1 heterocycles. The van der Waals surface area contributed by atoms with Crippen LogP contribution >= 0.6 is 11.3 Å². The maximum absolute atomic E-state index is 13.8. The van der Waals surface area contributed by atoms with Crippen LogP contribution in [0.25, 0.3) is 16.8 Å². The monoisotopic (exact) mass is 302 g/mol. The van der Waals surface area contributed by atoms with Crippen LogP contribution < -0.4 is 0 Å². The molecular formula is C16H12F2N2S. The van der Waals surface area contributed by atoms with Crippen LogP contribution in [0.4, 0.5) is 8.78 Å². The number of rotatable bonds is 2. The lowest BCUT2D eigenvalue weighted by Gasteiger charge is -2.01. The summed E-state index contributed by atoms with van der Waals surface area (Å²) in [6.45, 7) is 0. The van der Waals surface area contributed by atoms with Gasteiger partial charge in [-0.15, -0.1) is 11.3 Å². The molecule has 2 nitrogen and oxygen atoms in total. The Morgan fingerprint density at radius 3 is 2.48 bits per heavy atom. The molecule has 1 aromatic carbocycles. The minimum absolute atomic E-state index is 0.131. The van der Waals surface area contributed by atoms with Gasteiger partial charge in [0.05, 0.1) is 16.8 Å². The highest BCUT2D eigenvalue weighted by atomic mass is 32.1. The van der Waals surface area contributed by atoms with E-state index in [1.807, 2.05) is 0 Å². The predicted molar refractivity (Wildman–Crippen MR) is 78.5 cm³/mol. The second-order valence-electron chi connectivity index (χ2n) is 4.93. The Morgan fingerprint density at radius 2 is 1.86 bits per heavy atom. The molecule has 0 radical (unpaired) electrons. The lowest BCUT2D eigenvalue weighted by atomic mass is 10.1. The molecule has 3 rings (SSSR count). The zero-order chi connectivity index (χ0) is 14.8.